The lowest BCUT2D eigenvalue weighted by molar-refractivity contribution is -0.384. The maximum absolute atomic E-state index is 12.9. The zero-order valence-electron chi connectivity index (χ0n) is 16.8. The van der Waals surface area contributed by atoms with Crippen molar-refractivity contribution >= 4 is 17.3 Å². The number of para-hydroxylation sites is 1. The van der Waals surface area contributed by atoms with Crippen LogP contribution < -0.4 is 4.90 Å². The second-order valence-corrected chi connectivity index (χ2v) is 7.43. The minimum absolute atomic E-state index is 0.0126. The van der Waals surface area contributed by atoms with Gasteiger partial charge in [0.05, 0.1) is 22.4 Å². The number of hydrogen-bond acceptors (Lipinski definition) is 5. The lowest BCUT2D eigenvalue weighted by Crippen LogP contribution is -2.27. The molecular formula is C22H23N5O3. The fourth-order valence-corrected chi connectivity index (χ4v) is 3.76. The van der Waals surface area contributed by atoms with Gasteiger partial charge < -0.3 is 9.80 Å². The molecule has 1 fully saturated rings. The number of carbonyl (C=O) groups excluding carboxylic acids is 1. The molecule has 1 aliphatic heterocycles. The third-order valence-corrected chi connectivity index (χ3v) is 5.35. The summed E-state index contributed by atoms with van der Waals surface area (Å²) in [6.07, 6.45) is 5.56. The van der Waals surface area contributed by atoms with Gasteiger partial charge in [0.2, 0.25) is 0 Å². The van der Waals surface area contributed by atoms with Crippen LogP contribution in [0, 0.1) is 10.1 Å². The molecule has 0 atom stereocenters. The highest BCUT2D eigenvalue weighted by Gasteiger charge is 2.19. The summed E-state index contributed by atoms with van der Waals surface area (Å²) in [6, 6.07) is 14.3. The van der Waals surface area contributed by atoms with Gasteiger partial charge in [-0.25, -0.2) is 4.68 Å². The molecule has 0 radical (unpaired) electrons. The summed E-state index contributed by atoms with van der Waals surface area (Å²) in [5.74, 6) is -0.126. The van der Waals surface area contributed by atoms with E-state index in [1.54, 1.807) is 35.0 Å². The Hall–Kier alpha value is -3.68. The molecule has 4 rings (SSSR count). The minimum Gasteiger partial charge on any atom is -0.371 e. The Bertz CT molecular complexity index is 1050. The highest BCUT2D eigenvalue weighted by Crippen LogP contribution is 2.26. The SMILES string of the molecule is CN(Cc1ccccc1N1CCCC1)C(=O)c1cnn(-c2ccc([N+](=O)[O-])cc2)c1. The fraction of sp³-hybridized carbons (Fsp3) is 0.273. The predicted molar refractivity (Wildman–Crippen MR) is 114 cm³/mol. The lowest BCUT2D eigenvalue weighted by atomic mass is 10.1. The minimum atomic E-state index is -0.448. The quantitative estimate of drug-likeness (QED) is 0.462. The van der Waals surface area contributed by atoms with E-state index in [1.165, 1.54) is 36.9 Å². The van der Waals surface area contributed by atoms with Gasteiger partial charge in [0.1, 0.15) is 0 Å². The van der Waals surface area contributed by atoms with Crippen LogP contribution >= 0.6 is 0 Å². The van der Waals surface area contributed by atoms with Crippen LogP contribution in [0.2, 0.25) is 0 Å². The molecule has 2 aromatic carbocycles. The van der Waals surface area contributed by atoms with Crippen LogP contribution in [0.4, 0.5) is 11.4 Å². The van der Waals surface area contributed by atoms with Crippen molar-refractivity contribution < 1.29 is 9.72 Å². The second kappa shape index (κ2) is 8.36. The summed E-state index contributed by atoms with van der Waals surface area (Å²) >= 11 is 0. The van der Waals surface area contributed by atoms with Gasteiger partial charge in [0.25, 0.3) is 11.6 Å². The van der Waals surface area contributed by atoms with Crippen LogP contribution in [0.1, 0.15) is 28.8 Å². The number of carbonyl (C=O) groups is 1. The normalized spacial score (nSPS) is 13.4. The van der Waals surface area contributed by atoms with Crippen molar-refractivity contribution in [2.45, 2.75) is 19.4 Å². The molecule has 0 N–H and O–H groups in total. The molecular weight excluding hydrogens is 382 g/mol. The Morgan fingerprint density at radius 3 is 2.53 bits per heavy atom. The van der Waals surface area contributed by atoms with E-state index in [-0.39, 0.29) is 11.6 Å². The van der Waals surface area contributed by atoms with Gasteiger partial charge in [0, 0.05) is 50.7 Å². The second-order valence-electron chi connectivity index (χ2n) is 7.43. The molecule has 8 nitrogen and oxygen atoms in total. The number of rotatable bonds is 6. The number of nitro groups is 1. The average molecular weight is 405 g/mol. The van der Waals surface area contributed by atoms with Crippen molar-refractivity contribution in [1.29, 1.82) is 0 Å². The van der Waals surface area contributed by atoms with Crippen molar-refractivity contribution in [1.82, 2.24) is 14.7 Å². The van der Waals surface area contributed by atoms with Crippen molar-refractivity contribution in [2.75, 3.05) is 25.0 Å². The van der Waals surface area contributed by atoms with E-state index in [2.05, 4.69) is 22.1 Å². The molecule has 8 heteroatoms. The molecule has 0 spiro atoms. The Labute approximate surface area is 174 Å². The fourth-order valence-electron chi connectivity index (χ4n) is 3.76. The highest BCUT2D eigenvalue weighted by atomic mass is 16.6. The molecule has 3 aromatic rings. The van der Waals surface area contributed by atoms with Gasteiger partial charge in [-0.2, -0.15) is 5.10 Å². The maximum Gasteiger partial charge on any atom is 0.269 e. The average Bonchev–Trinajstić information content (AvgIpc) is 3.46. The standard InChI is InChI=1S/C22H23N5O3/c1-24(15-17-6-2-3-7-21(17)25-12-4-5-13-25)22(28)18-14-23-26(16-18)19-8-10-20(11-9-19)27(29)30/h2-3,6-11,14,16H,4-5,12-13,15H2,1H3. The third-order valence-electron chi connectivity index (χ3n) is 5.35. The molecule has 0 saturated carbocycles. The summed E-state index contributed by atoms with van der Waals surface area (Å²) < 4.78 is 1.54. The molecule has 0 unspecified atom stereocenters. The smallest absolute Gasteiger partial charge is 0.269 e. The van der Waals surface area contributed by atoms with E-state index < -0.39 is 4.92 Å². The summed E-state index contributed by atoms with van der Waals surface area (Å²) in [5.41, 5.74) is 3.45. The summed E-state index contributed by atoms with van der Waals surface area (Å²) in [7, 11) is 1.78. The third kappa shape index (κ3) is 4.03. The summed E-state index contributed by atoms with van der Waals surface area (Å²) in [5, 5.41) is 15.0. The van der Waals surface area contributed by atoms with Crippen molar-refractivity contribution in [3.8, 4) is 5.69 Å². The zero-order chi connectivity index (χ0) is 21.1. The maximum atomic E-state index is 12.9. The van der Waals surface area contributed by atoms with Crippen molar-refractivity contribution in [3.63, 3.8) is 0 Å². The molecule has 1 saturated heterocycles. The van der Waals surface area contributed by atoms with E-state index in [0.29, 0.717) is 17.8 Å². The molecule has 1 amide bonds. The van der Waals surface area contributed by atoms with E-state index in [9.17, 15) is 14.9 Å². The molecule has 1 aliphatic rings. The molecule has 2 heterocycles. The number of non-ortho nitro benzene ring substituents is 1. The molecule has 1 aromatic heterocycles. The van der Waals surface area contributed by atoms with Crippen LogP contribution in [0.3, 0.4) is 0 Å². The van der Waals surface area contributed by atoms with Crippen LogP contribution in [0.5, 0.6) is 0 Å². The van der Waals surface area contributed by atoms with E-state index in [4.69, 9.17) is 0 Å². The lowest BCUT2D eigenvalue weighted by Gasteiger charge is -2.24. The highest BCUT2D eigenvalue weighted by molar-refractivity contribution is 5.93. The number of nitro benzene ring substituents is 1. The molecule has 30 heavy (non-hydrogen) atoms. The van der Waals surface area contributed by atoms with Crippen LogP contribution in [0.25, 0.3) is 5.69 Å². The monoisotopic (exact) mass is 405 g/mol. The number of benzene rings is 2. The van der Waals surface area contributed by atoms with Gasteiger partial charge >= 0.3 is 0 Å². The number of amides is 1. The number of anilines is 1. The van der Waals surface area contributed by atoms with Crippen LogP contribution in [0.15, 0.2) is 60.9 Å². The number of aromatic nitrogens is 2. The van der Waals surface area contributed by atoms with Gasteiger partial charge in [-0.05, 0) is 36.6 Å². The summed E-state index contributed by atoms with van der Waals surface area (Å²) in [4.78, 5) is 27.4. The zero-order valence-corrected chi connectivity index (χ0v) is 16.8. The number of hydrogen-bond donors (Lipinski definition) is 0. The van der Waals surface area contributed by atoms with Crippen LogP contribution in [-0.2, 0) is 6.54 Å². The van der Waals surface area contributed by atoms with Gasteiger partial charge in [0.15, 0.2) is 0 Å². The Kier molecular flexibility index (Phi) is 5.47. The molecule has 154 valence electrons. The largest absolute Gasteiger partial charge is 0.371 e. The molecule has 0 aliphatic carbocycles. The Balaban J connectivity index is 1.48. The van der Waals surface area contributed by atoms with Crippen molar-refractivity contribution in [3.05, 3.63) is 82.2 Å². The van der Waals surface area contributed by atoms with Crippen molar-refractivity contribution in [2.24, 2.45) is 0 Å². The van der Waals surface area contributed by atoms with E-state index in [1.807, 2.05) is 12.1 Å². The Morgan fingerprint density at radius 2 is 1.83 bits per heavy atom. The van der Waals surface area contributed by atoms with Gasteiger partial charge in [-0.3, -0.25) is 14.9 Å². The molecule has 0 bridgehead atoms. The first kappa shape index (κ1) is 19.6. The number of nitrogens with zero attached hydrogens (tertiary/aromatic N) is 5. The first-order chi connectivity index (χ1) is 14.5. The topological polar surface area (TPSA) is 84.5 Å². The predicted octanol–water partition coefficient (Wildman–Crippen LogP) is 3.65. The van der Waals surface area contributed by atoms with Crippen LogP contribution in [-0.4, -0.2) is 45.6 Å². The first-order valence-electron chi connectivity index (χ1n) is 9.91. The van der Waals surface area contributed by atoms with E-state index in [0.717, 1.165) is 18.7 Å². The Morgan fingerprint density at radius 1 is 1.13 bits per heavy atom. The summed E-state index contributed by atoms with van der Waals surface area (Å²) in [6.45, 7) is 2.61. The van der Waals surface area contributed by atoms with Gasteiger partial charge in [-0.1, -0.05) is 18.2 Å². The van der Waals surface area contributed by atoms with E-state index >= 15 is 0 Å². The first-order valence-corrected chi connectivity index (χ1v) is 9.91. The van der Waals surface area contributed by atoms with Gasteiger partial charge in [-0.15, -0.1) is 0 Å².